The van der Waals surface area contributed by atoms with Gasteiger partial charge in [-0.3, -0.25) is 4.79 Å². The summed E-state index contributed by atoms with van der Waals surface area (Å²) in [6, 6.07) is 0. The van der Waals surface area contributed by atoms with E-state index < -0.39 is 5.97 Å². The first-order valence-electron chi connectivity index (χ1n) is 3.24. The van der Waals surface area contributed by atoms with Crippen molar-refractivity contribution in [3.63, 3.8) is 0 Å². The highest BCUT2D eigenvalue weighted by atomic mass is 16.4. The van der Waals surface area contributed by atoms with E-state index in [1.54, 1.807) is 18.2 Å². The van der Waals surface area contributed by atoms with Crippen molar-refractivity contribution < 1.29 is 9.90 Å². The zero-order valence-corrected chi connectivity index (χ0v) is 6.37. The third-order valence-electron chi connectivity index (χ3n) is 1.04. The summed E-state index contributed by atoms with van der Waals surface area (Å²) in [6.45, 7) is 1.83. The van der Waals surface area contributed by atoms with E-state index in [2.05, 4.69) is 0 Å². The predicted molar refractivity (Wildman–Crippen MR) is 43.9 cm³/mol. The molecule has 60 valence electrons. The third kappa shape index (κ3) is 5.08. The first kappa shape index (κ1) is 9.62. The van der Waals surface area contributed by atoms with Crippen LogP contribution in [0, 0.1) is 5.41 Å². The normalized spacial score (nSPS) is 11.9. The van der Waals surface area contributed by atoms with Crippen molar-refractivity contribution >= 4 is 12.2 Å². The van der Waals surface area contributed by atoms with E-state index in [1.807, 2.05) is 6.92 Å². The number of hydrogen-bond acceptors (Lipinski definition) is 2. The highest BCUT2D eigenvalue weighted by molar-refractivity contribution is 5.85. The van der Waals surface area contributed by atoms with E-state index in [0.717, 1.165) is 6.21 Å². The van der Waals surface area contributed by atoms with Crippen LogP contribution >= 0.6 is 0 Å². The average Bonchev–Trinajstić information content (AvgIpc) is 1.97. The van der Waals surface area contributed by atoms with Crippen LogP contribution in [0.4, 0.5) is 0 Å². The first-order valence-corrected chi connectivity index (χ1v) is 3.24. The summed E-state index contributed by atoms with van der Waals surface area (Å²) in [7, 11) is 0. The zero-order valence-electron chi connectivity index (χ0n) is 6.37. The van der Waals surface area contributed by atoms with Gasteiger partial charge >= 0.3 is 5.97 Å². The van der Waals surface area contributed by atoms with Gasteiger partial charge in [0.2, 0.25) is 0 Å². The van der Waals surface area contributed by atoms with Gasteiger partial charge < -0.3 is 10.5 Å². The highest BCUT2D eigenvalue weighted by Gasteiger charge is 1.98. The number of carbonyl (C=O) groups is 1. The van der Waals surface area contributed by atoms with Crippen LogP contribution in [-0.4, -0.2) is 17.3 Å². The Morgan fingerprint density at radius 2 is 2.27 bits per heavy atom. The molecule has 0 aliphatic heterocycles. The molecule has 0 aromatic rings. The molecule has 0 aromatic heterocycles. The molecule has 0 saturated carbocycles. The minimum atomic E-state index is -0.913. The Balaban J connectivity index is 4.15. The standard InChI is InChI=1S/C8H11NO2/c1-2-3-4-7(6-9)5-8(10)11/h2-4,6,9H,5H2,1H3,(H,10,11)/b3-2-,7-4-,9-6?. The minimum Gasteiger partial charge on any atom is -0.481 e. The first-order chi connectivity index (χ1) is 5.20. The van der Waals surface area contributed by atoms with E-state index in [-0.39, 0.29) is 6.42 Å². The summed E-state index contributed by atoms with van der Waals surface area (Å²) < 4.78 is 0. The average molecular weight is 153 g/mol. The Morgan fingerprint density at radius 3 is 2.64 bits per heavy atom. The Labute approximate surface area is 65.6 Å². The maximum absolute atomic E-state index is 10.2. The SMILES string of the molecule is C/C=C\C=C(/C=N)CC(=O)O. The topological polar surface area (TPSA) is 61.2 Å². The fraction of sp³-hybridized carbons (Fsp3) is 0.250. The smallest absolute Gasteiger partial charge is 0.307 e. The summed E-state index contributed by atoms with van der Waals surface area (Å²) in [4.78, 5) is 10.2. The maximum Gasteiger partial charge on any atom is 0.307 e. The van der Waals surface area contributed by atoms with Gasteiger partial charge in [-0.25, -0.2) is 0 Å². The Kier molecular flexibility index (Phi) is 4.73. The van der Waals surface area contributed by atoms with Gasteiger partial charge in [0.05, 0.1) is 6.42 Å². The molecule has 0 atom stereocenters. The lowest BCUT2D eigenvalue weighted by atomic mass is 10.2. The molecule has 0 bridgehead atoms. The maximum atomic E-state index is 10.2. The molecule has 0 heterocycles. The van der Waals surface area contributed by atoms with Gasteiger partial charge in [0.15, 0.2) is 0 Å². The van der Waals surface area contributed by atoms with Gasteiger partial charge in [0, 0.05) is 6.21 Å². The van der Waals surface area contributed by atoms with Gasteiger partial charge in [0.25, 0.3) is 0 Å². The van der Waals surface area contributed by atoms with Gasteiger partial charge in [0.1, 0.15) is 0 Å². The molecular formula is C8H11NO2. The van der Waals surface area contributed by atoms with Crippen LogP contribution < -0.4 is 0 Å². The predicted octanol–water partition coefficient (Wildman–Crippen LogP) is 1.61. The molecule has 0 rings (SSSR count). The third-order valence-corrected chi connectivity index (χ3v) is 1.04. The molecule has 11 heavy (non-hydrogen) atoms. The fourth-order valence-corrected chi connectivity index (χ4v) is 0.553. The molecule has 0 aliphatic carbocycles. The molecule has 0 fully saturated rings. The second-order valence-electron chi connectivity index (χ2n) is 1.98. The molecule has 0 aliphatic rings. The largest absolute Gasteiger partial charge is 0.481 e. The van der Waals surface area contributed by atoms with Crippen molar-refractivity contribution in [3.8, 4) is 0 Å². The van der Waals surface area contributed by atoms with Crippen molar-refractivity contribution in [1.82, 2.24) is 0 Å². The second-order valence-corrected chi connectivity index (χ2v) is 1.98. The van der Waals surface area contributed by atoms with Crippen molar-refractivity contribution in [2.24, 2.45) is 0 Å². The van der Waals surface area contributed by atoms with Crippen LogP contribution in [0.1, 0.15) is 13.3 Å². The summed E-state index contributed by atoms with van der Waals surface area (Å²) in [6.07, 6.45) is 6.07. The summed E-state index contributed by atoms with van der Waals surface area (Å²) in [5.41, 5.74) is 0.496. The number of carboxylic acids is 1. The van der Waals surface area contributed by atoms with E-state index in [1.165, 1.54) is 0 Å². The van der Waals surface area contributed by atoms with Crippen molar-refractivity contribution in [1.29, 1.82) is 5.41 Å². The monoisotopic (exact) mass is 153 g/mol. The van der Waals surface area contributed by atoms with Gasteiger partial charge in [-0.05, 0) is 12.5 Å². The van der Waals surface area contributed by atoms with Gasteiger partial charge in [-0.1, -0.05) is 18.2 Å². The minimum absolute atomic E-state index is 0.0894. The van der Waals surface area contributed by atoms with Gasteiger partial charge in [-0.2, -0.15) is 0 Å². The Bertz CT molecular complexity index is 204. The molecule has 0 amide bonds. The summed E-state index contributed by atoms with van der Waals surface area (Å²) in [5.74, 6) is -0.913. The van der Waals surface area contributed by atoms with Crippen LogP contribution in [0.5, 0.6) is 0 Å². The number of allylic oxidation sites excluding steroid dienone is 3. The van der Waals surface area contributed by atoms with Crippen LogP contribution in [0.2, 0.25) is 0 Å². The van der Waals surface area contributed by atoms with Gasteiger partial charge in [-0.15, -0.1) is 0 Å². The summed E-state index contributed by atoms with van der Waals surface area (Å²) >= 11 is 0. The van der Waals surface area contributed by atoms with E-state index >= 15 is 0 Å². The number of rotatable bonds is 4. The van der Waals surface area contributed by atoms with Crippen LogP contribution in [-0.2, 0) is 4.79 Å². The van der Waals surface area contributed by atoms with Crippen LogP contribution in [0.15, 0.2) is 23.8 Å². The Morgan fingerprint density at radius 1 is 1.64 bits per heavy atom. The molecular weight excluding hydrogens is 142 g/mol. The summed E-state index contributed by atoms with van der Waals surface area (Å²) in [5, 5.41) is 15.2. The lowest BCUT2D eigenvalue weighted by Crippen LogP contribution is -1.97. The molecule has 0 spiro atoms. The quantitative estimate of drug-likeness (QED) is 0.476. The van der Waals surface area contributed by atoms with Crippen LogP contribution in [0.25, 0.3) is 0 Å². The molecule has 0 aromatic carbocycles. The van der Waals surface area contributed by atoms with E-state index in [9.17, 15) is 4.79 Å². The Hall–Kier alpha value is -1.38. The number of carboxylic acid groups (broad SMARTS) is 1. The number of nitrogens with one attached hydrogen (secondary N) is 1. The number of hydrogen-bond donors (Lipinski definition) is 2. The lowest BCUT2D eigenvalue weighted by molar-refractivity contribution is -0.136. The molecule has 0 unspecified atom stereocenters. The number of aliphatic carboxylic acids is 1. The van der Waals surface area contributed by atoms with Crippen molar-refractivity contribution in [2.75, 3.05) is 0 Å². The van der Waals surface area contributed by atoms with Crippen LogP contribution in [0.3, 0.4) is 0 Å². The van der Waals surface area contributed by atoms with E-state index in [0.29, 0.717) is 5.57 Å². The van der Waals surface area contributed by atoms with Crippen molar-refractivity contribution in [3.05, 3.63) is 23.8 Å². The molecule has 0 radical (unpaired) electrons. The lowest BCUT2D eigenvalue weighted by Gasteiger charge is -1.91. The zero-order chi connectivity index (χ0) is 8.69. The second kappa shape index (κ2) is 5.41. The van der Waals surface area contributed by atoms with Crippen molar-refractivity contribution in [2.45, 2.75) is 13.3 Å². The highest BCUT2D eigenvalue weighted by Crippen LogP contribution is 1.97. The molecule has 3 heteroatoms. The fourth-order valence-electron chi connectivity index (χ4n) is 0.553. The molecule has 0 saturated heterocycles. The van der Waals surface area contributed by atoms with E-state index in [4.69, 9.17) is 10.5 Å². The molecule has 2 N–H and O–H groups in total. The molecule has 3 nitrogen and oxygen atoms in total.